The molecule has 162 valence electrons. The van der Waals surface area contributed by atoms with E-state index in [0.29, 0.717) is 23.9 Å². The molecule has 1 atom stereocenters. The lowest BCUT2D eigenvalue weighted by Gasteiger charge is -2.29. The van der Waals surface area contributed by atoms with Gasteiger partial charge in [-0.1, -0.05) is 23.2 Å². The van der Waals surface area contributed by atoms with Gasteiger partial charge in [0.25, 0.3) is 0 Å². The van der Waals surface area contributed by atoms with E-state index in [1.165, 1.54) is 25.1 Å². The van der Waals surface area contributed by atoms with Gasteiger partial charge in [0.15, 0.2) is 0 Å². The molecule has 2 aromatic rings. The van der Waals surface area contributed by atoms with Crippen molar-refractivity contribution < 1.29 is 17.9 Å². The van der Waals surface area contributed by atoms with Crippen LogP contribution in [0.25, 0.3) is 0 Å². The lowest BCUT2D eigenvalue weighted by molar-refractivity contribution is -0.116. The highest BCUT2D eigenvalue weighted by atomic mass is 35.5. The molecule has 1 fully saturated rings. The monoisotopic (exact) mass is 471 g/mol. The number of ether oxygens (including phenoxy) is 1. The van der Waals surface area contributed by atoms with E-state index in [0.717, 1.165) is 29.3 Å². The lowest BCUT2D eigenvalue weighted by atomic mass is 10.2. The fourth-order valence-corrected chi connectivity index (χ4v) is 4.71. The van der Waals surface area contributed by atoms with Crippen molar-refractivity contribution in [3.8, 4) is 0 Å². The van der Waals surface area contributed by atoms with Crippen molar-refractivity contribution in [3.63, 3.8) is 0 Å². The molecule has 10 heteroatoms. The molecule has 30 heavy (non-hydrogen) atoms. The standard InChI is InChI=1S/C20H23Cl2N3O4S/c1-14(25(30(2,27)28)17-7-8-18(21)19(22)13-17)20(26)23-15-3-5-16(6-4-15)24-9-11-29-12-10-24/h3-8,13-14H,9-12H2,1-2H3,(H,23,26)/t14-/m1/s1. The zero-order valence-electron chi connectivity index (χ0n) is 16.6. The largest absolute Gasteiger partial charge is 0.378 e. The van der Waals surface area contributed by atoms with Gasteiger partial charge in [-0.3, -0.25) is 9.10 Å². The highest BCUT2D eigenvalue weighted by Crippen LogP contribution is 2.30. The molecule has 0 spiro atoms. The number of nitrogens with zero attached hydrogens (tertiary/aromatic N) is 2. The van der Waals surface area contributed by atoms with Crippen LogP contribution < -0.4 is 14.5 Å². The van der Waals surface area contributed by atoms with Gasteiger partial charge in [-0.05, 0) is 49.4 Å². The summed E-state index contributed by atoms with van der Waals surface area (Å²) in [6, 6.07) is 10.8. The first-order chi connectivity index (χ1) is 14.2. The molecule has 1 heterocycles. The molecule has 3 rings (SSSR count). The first-order valence-electron chi connectivity index (χ1n) is 9.35. The second-order valence-electron chi connectivity index (χ2n) is 6.97. The van der Waals surface area contributed by atoms with Crippen molar-refractivity contribution in [2.75, 3.05) is 47.1 Å². The van der Waals surface area contributed by atoms with E-state index in [-0.39, 0.29) is 10.7 Å². The molecule has 0 aliphatic carbocycles. The summed E-state index contributed by atoms with van der Waals surface area (Å²) in [7, 11) is -3.75. The number of sulfonamides is 1. The molecule has 7 nitrogen and oxygen atoms in total. The first-order valence-corrected chi connectivity index (χ1v) is 12.0. The smallest absolute Gasteiger partial charge is 0.247 e. The van der Waals surface area contributed by atoms with Crippen LogP contribution in [0.2, 0.25) is 10.0 Å². The molecular formula is C20H23Cl2N3O4S. The quantitative estimate of drug-likeness (QED) is 0.695. The van der Waals surface area contributed by atoms with Gasteiger partial charge in [0.2, 0.25) is 15.9 Å². The molecule has 1 N–H and O–H groups in total. The predicted octanol–water partition coefficient (Wildman–Crippen LogP) is 3.62. The van der Waals surface area contributed by atoms with Crippen LogP contribution >= 0.6 is 23.2 Å². The van der Waals surface area contributed by atoms with E-state index in [9.17, 15) is 13.2 Å². The van der Waals surface area contributed by atoms with Gasteiger partial charge in [-0.25, -0.2) is 8.42 Å². The predicted molar refractivity (Wildman–Crippen MR) is 121 cm³/mol. The van der Waals surface area contributed by atoms with Crippen LogP contribution in [0.4, 0.5) is 17.1 Å². The Kier molecular flexibility index (Phi) is 7.13. The van der Waals surface area contributed by atoms with Gasteiger partial charge in [0, 0.05) is 24.5 Å². The summed E-state index contributed by atoms with van der Waals surface area (Å²) < 4.78 is 31.2. The van der Waals surface area contributed by atoms with Crippen molar-refractivity contribution in [1.29, 1.82) is 0 Å². The Bertz CT molecular complexity index is 1010. The van der Waals surface area contributed by atoms with E-state index >= 15 is 0 Å². The Balaban J connectivity index is 1.76. The number of anilines is 3. The zero-order chi connectivity index (χ0) is 21.9. The molecule has 0 saturated carbocycles. The molecule has 1 amide bonds. The molecule has 1 saturated heterocycles. The maximum Gasteiger partial charge on any atom is 0.247 e. The highest BCUT2D eigenvalue weighted by Gasteiger charge is 2.29. The first kappa shape index (κ1) is 22.7. The van der Waals surface area contributed by atoms with Crippen molar-refractivity contribution in [2.45, 2.75) is 13.0 Å². The van der Waals surface area contributed by atoms with E-state index < -0.39 is 22.0 Å². The summed E-state index contributed by atoms with van der Waals surface area (Å²) in [5, 5.41) is 3.27. The Morgan fingerprint density at radius 3 is 2.30 bits per heavy atom. The molecule has 1 aliphatic heterocycles. The molecule has 0 bridgehead atoms. The van der Waals surface area contributed by atoms with E-state index in [2.05, 4.69) is 10.2 Å². The Hall–Kier alpha value is -2.00. The minimum atomic E-state index is -3.75. The number of hydrogen-bond acceptors (Lipinski definition) is 5. The highest BCUT2D eigenvalue weighted by molar-refractivity contribution is 7.92. The summed E-state index contributed by atoms with van der Waals surface area (Å²) in [4.78, 5) is 15.0. The van der Waals surface area contributed by atoms with Crippen LogP contribution in [0.3, 0.4) is 0 Å². The summed E-state index contributed by atoms with van der Waals surface area (Å²) in [5.41, 5.74) is 1.88. The molecule has 0 radical (unpaired) electrons. The minimum Gasteiger partial charge on any atom is -0.378 e. The van der Waals surface area contributed by atoms with Crippen LogP contribution in [-0.4, -0.2) is 52.9 Å². The third-order valence-corrected chi connectivity index (χ3v) is 6.74. The number of halogens is 2. The minimum absolute atomic E-state index is 0.203. The summed E-state index contributed by atoms with van der Waals surface area (Å²) in [6.45, 7) is 4.52. The van der Waals surface area contributed by atoms with Crippen LogP contribution in [0, 0.1) is 0 Å². The van der Waals surface area contributed by atoms with E-state index in [1.807, 2.05) is 12.1 Å². The second kappa shape index (κ2) is 9.43. The third kappa shape index (κ3) is 5.37. The van der Waals surface area contributed by atoms with Crippen molar-refractivity contribution in [1.82, 2.24) is 0 Å². The number of carbonyl (C=O) groups is 1. The van der Waals surface area contributed by atoms with Crippen molar-refractivity contribution >= 4 is 56.2 Å². The average molecular weight is 472 g/mol. The Morgan fingerprint density at radius 1 is 1.10 bits per heavy atom. The van der Waals surface area contributed by atoms with E-state index in [1.54, 1.807) is 12.1 Å². The molecular weight excluding hydrogens is 449 g/mol. The normalized spacial score (nSPS) is 15.5. The molecule has 0 unspecified atom stereocenters. The van der Waals surface area contributed by atoms with Gasteiger partial charge in [-0.2, -0.15) is 0 Å². The fourth-order valence-electron chi connectivity index (χ4n) is 3.25. The van der Waals surface area contributed by atoms with E-state index in [4.69, 9.17) is 27.9 Å². The van der Waals surface area contributed by atoms with Gasteiger partial charge in [0.05, 0.1) is 35.2 Å². The Morgan fingerprint density at radius 2 is 1.73 bits per heavy atom. The maximum atomic E-state index is 12.8. The summed E-state index contributed by atoms with van der Waals surface area (Å²) >= 11 is 12.0. The van der Waals surface area contributed by atoms with Crippen molar-refractivity contribution in [3.05, 3.63) is 52.5 Å². The van der Waals surface area contributed by atoms with Gasteiger partial charge in [-0.15, -0.1) is 0 Å². The lowest BCUT2D eigenvalue weighted by Crippen LogP contribution is -2.45. The third-order valence-electron chi connectivity index (χ3n) is 4.76. The number of carbonyl (C=O) groups excluding carboxylic acids is 1. The number of amides is 1. The number of benzene rings is 2. The second-order valence-corrected chi connectivity index (χ2v) is 9.64. The van der Waals surface area contributed by atoms with Gasteiger partial charge in [0.1, 0.15) is 6.04 Å². The van der Waals surface area contributed by atoms with Crippen molar-refractivity contribution in [2.24, 2.45) is 0 Å². The average Bonchev–Trinajstić information content (AvgIpc) is 2.71. The van der Waals surface area contributed by atoms with Crippen LogP contribution in [0.15, 0.2) is 42.5 Å². The fraction of sp³-hybridized carbons (Fsp3) is 0.350. The molecule has 2 aromatic carbocycles. The maximum absolute atomic E-state index is 12.8. The number of hydrogen-bond donors (Lipinski definition) is 1. The van der Waals surface area contributed by atoms with Gasteiger partial charge >= 0.3 is 0 Å². The number of rotatable bonds is 6. The molecule has 1 aliphatic rings. The topological polar surface area (TPSA) is 79.0 Å². The SMILES string of the molecule is C[C@H](C(=O)Nc1ccc(N2CCOCC2)cc1)N(c1ccc(Cl)c(Cl)c1)S(C)(=O)=O. The summed E-state index contributed by atoms with van der Waals surface area (Å²) in [6.07, 6.45) is 1.04. The van der Waals surface area contributed by atoms with Crippen LogP contribution in [0.1, 0.15) is 6.92 Å². The Labute approximate surface area is 186 Å². The molecule has 0 aromatic heterocycles. The number of morpholine rings is 1. The van der Waals surface area contributed by atoms with Crippen LogP contribution in [0.5, 0.6) is 0 Å². The number of nitrogens with one attached hydrogen (secondary N) is 1. The zero-order valence-corrected chi connectivity index (χ0v) is 19.0. The summed E-state index contributed by atoms with van der Waals surface area (Å²) in [5.74, 6) is -0.467. The van der Waals surface area contributed by atoms with Crippen LogP contribution in [-0.2, 0) is 19.6 Å². The van der Waals surface area contributed by atoms with Gasteiger partial charge < -0.3 is 15.0 Å².